The molecule has 0 fully saturated rings. The number of hydrogen-bond acceptors (Lipinski definition) is 0. The second-order valence-corrected chi connectivity index (χ2v) is 5.52. The number of benzene rings is 1. The molecule has 1 aliphatic rings. The third-order valence-corrected chi connectivity index (χ3v) is 3.35. The molecule has 0 nitrogen and oxygen atoms in total. The molecule has 0 unspecified atom stereocenters. The third kappa shape index (κ3) is 6.56. The van der Waals surface area contributed by atoms with Crippen molar-refractivity contribution in [2.45, 2.75) is 52.9 Å². The molecule has 0 N–H and O–H groups in total. The normalized spacial score (nSPS) is 14.4. The van der Waals surface area contributed by atoms with Crippen molar-refractivity contribution in [1.29, 1.82) is 0 Å². The number of allylic oxidation sites excluding steroid dienone is 5. The summed E-state index contributed by atoms with van der Waals surface area (Å²) in [4.78, 5) is 0. The zero-order valence-corrected chi connectivity index (χ0v) is 13.3. The van der Waals surface area contributed by atoms with E-state index in [0.717, 1.165) is 12.0 Å². The molecule has 2 rings (SSSR count). The Morgan fingerprint density at radius 2 is 1.65 bits per heavy atom. The van der Waals surface area contributed by atoms with E-state index in [0.29, 0.717) is 0 Å². The fraction of sp³-hybridized carbons (Fsp3) is 0.400. The first-order chi connectivity index (χ1) is 9.63. The van der Waals surface area contributed by atoms with E-state index >= 15 is 0 Å². The summed E-state index contributed by atoms with van der Waals surface area (Å²) in [5, 5.41) is 0. The summed E-state index contributed by atoms with van der Waals surface area (Å²) < 4.78 is 0. The molecule has 108 valence electrons. The minimum absolute atomic E-state index is 1.10. The molecule has 1 aromatic rings. The number of aryl methyl sites for hydroxylation is 2. The van der Waals surface area contributed by atoms with Gasteiger partial charge in [-0.05, 0) is 57.1 Å². The average molecular weight is 268 g/mol. The van der Waals surface area contributed by atoms with Gasteiger partial charge in [-0.1, -0.05) is 67.1 Å². The molecule has 0 saturated carbocycles. The third-order valence-electron chi connectivity index (χ3n) is 3.35. The summed E-state index contributed by atoms with van der Waals surface area (Å²) in [5.41, 5.74) is 5.54. The van der Waals surface area contributed by atoms with Crippen LogP contribution in [0.4, 0.5) is 0 Å². The van der Waals surface area contributed by atoms with Gasteiger partial charge in [0.25, 0.3) is 0 Å². The lowest BCUT2D eigenvalue weighted by atomic mass is 9.92. The van der Waals surface area contributed by atoms with E-state index < -0.39 is 0 Å². The molecule has 0 heterocycles. The number of hydrogen-bond donors (Lipinski definition) is 0. The van der Waals surface area contributed by atoms with Crippen molar-refractivity contribution in [1.82, 2.24) is 0 Å². The van der Waals surface area contributed by atoms with Crippen molar-refractivity contribution in [2.24, 2.45) is 0 Å². The van der Waals surface area contributed by atoms with Crippen molar-refractivity contribution in [3.8, 4) is 0 Å². The van der Waals surface area contributed by atoms with Crippen molar-refractivity contribution in [3.05, 3.63) is 71.3 Å². The van der Waals surface area contributed by atoms with E-state index in [1.54, 1.807) is 11.1 Å². The first-order valence-corrected chi connectivity index (χ1v) is 7.70. The lowest BCUT2D eigenvalue weighted by molar-refractivity contribution is 0.685. The van der Waals surface area contributed by atoms with Crippen LogP contribution < -0.4 is 0 Å². The molecule has 0 heteroatoms. The van der Waals surface area contributed by atoms with Crippen LogP contribution in [0.15, 0.2) is 60.2 Å². The SMILES string of the molecule is C=C(C)/C=C(C)\C=C/CC.c1ccc2c(c1)CCCC2. The van der Waals surface area contributed by atoms with Crippen LogP contribution in [0.2, 0.25) is 0 Å². The zero-order chi connectivity index (χ0) is 14.8. The molecule has 0 saturated heterocycles. The van der Waals surface area contributed by atoms with Crippen molar-refractivity contribution >= 4 is 0 Å². The van der Waals surface area contributed by atoms with E-state index in [1.807, 2.05) is 6.92 Å². The van der Waals surface area contributed by atoms with Crippen LogP contribution in [0.25, 0.3) is 0 Å². The lowest BCUT2D eigenvalue weighted by Crippen LogP contribution is -2.00. The fourth-order valence-electron chi connectivity index (χ4n) is 2.42. The molecule has 1 aromatic carbocycles. The minimum atomic E-state index is 1.10. The molecule has 0 amide bonds. The maximum atomic E-state index is 3.79. The van der Waals surface area contributed by atoms with Gasteiger partial charge in [0, 0.05) is 0 Å². The van der Waals surface area contributed by atoms with Gasteiger partial charge in [-0.3, -0.25) is 0 Å². The molecule has 0 radical (unpaired) electrons. The van der Waals surface area contributed by atoms with Gasteiger partial charge in [-0.15, -0.1) is 0 Å². The van der Waals surface area contributed by atoms with E-state index in [4.69, 9.17) is 0 Å². The van der Waals surface area contributed by atoms with E-state index in [-0.39, 0.29) is 0 Å². The molecular weight excluding hydrogens is 240 g/mol. The highest BCUT2D eigenvalue weighted by atomic mass is 14.1. The van der Waals surface area contributed by atoms with Crippen LogP contribution >= 0.6 is 0 Å². The van der Waals surface area contributed by atoms with Gasteiger partial charge in [0.2, 0.25) is 0 Å². The molecule has 0 aliphatic heterocycles. The summed E-state index contributed by atoms with van der Waals surface area (Å²) in [7, 11) is 0. The maximum absolute atomic E-state index is 3.79. The maximum Gasteiger partial charge on any atom is -0.0276 e. The van der Waals surface area contributed by atoms with Crippen LogP contribution in [-0.4, -0.2) is 0 Å². The van der Waals surface area contributed by atoms with Crippen LogP contribution in [0, 0.1) is 0 Å². The van der Waals surface area contributed by atoms with Crippen LogP contribution in [0.5, 0.6) is 0 Å². The Hall–Kier alpha value is -1.56. The molecule has 20 heavy (non-hydrogen) atoms. The highest BCUT2D eigenvalue weighted by Gasteiger charge is 2.05. The van der Waals surface area contributed by atoms with Crippen molar-refractivity contribution < 1.29 is 0 Å². The summed E-state index contributed by atoms with van der Waals surface area (Å²) in [5.74, 6) is 0. The van der Waals surface area contributed by atoms with Crippen LogP contribution in [-0.2, 0) is 12.8 Å². The first-order valence-electron chi connectivity index (χ1n) is 7.70. The van der Waals surface area contributed by atoms with Crippen LogP contribution in [0.1, 0.15) is 51.2 Å². The Morgan fingerprint density at radius 3 is 2.10 bits per heavy atom. The predicted molar refractivity (Wildman–Crippen MR) is 91.1 cm³/mol. The molecular formula is C20H28. The Balaban J connectivity index is 0.000000200. The Kier molecular flexibility index (Phi) is 7.72. The highest BCUT2D eigenvalue weighted by Crippen LogP contribution is 2.19. The number of fused-ring (bicyclic) bond motifs is 1. The summed E-state index contributed by atoms with van der Waals surface area (Å²) in [6.07, 6.45) is 12.8. The second-order valence-electron chi connectivity index (χ2n) is 5.52. The van der Waals surface area contributed by atoms with E-state index in [2.05, 4.69) is 62.9 Å². The summed E-state index contributed by atoms with van der Waals surface area (Å²) in [6.45, 7) is 10.0. The van der Waals surface area contributed by atoms with Gasteiger partial charge in [-0.25, -0.2) is 0 Å². The van der Waals surface area contributed by atoms with Crippen molar-refractivity contribution in [2.75, 3.05) is 0 Å². The molecule has 1 aliphatic carbocycles. The molecule has 0 aromatic heterocycles. The Labute approximate surface area is 124 Å². The summed E-state index contributed by atoms with van der Waals surface area (Å²) in [6, 6.07) is 8.80. The van der Waals surface area contributed by atoms with E-state index in [1.165, 1.54) is 31.3 Å². The van der Waals surface area contributed by atoms with Crippen molar-refractivity contribution in [3.63, 3.8) is 0 Å². The predicted octanol–water partition coefficient (Wildman–Crippen LogP) is 6.04. The fourth-order valence-corrected chi connectivity index (χ4v) is 2.42. The minimum Gasteiger partial charge on any atom is -0.0961 e. The quantitative estimate of drug-likeness (QED) is 0.586. The van der Waals surface area contributed by atoms with Gasteiger partial charge < -0.3 is 0 Å². The monoisotopic (exact) mass is 268 g/mol. The molecule has 0 spiro atoms. The highest BCUT2D eigenvalue weighted by molar-refractivity contribution is 5.28. The van der Waals surface area contributed by atoms with Gasteiger partial charge in [0.05, 0.1) is 0 Å². The van der Waals surface area contributed by atoms with E-state index in [9.17, 15) is 0 Å². The topological polar surface area (TPSA) is 0 Å². The lowest BCUT2D eigenvalue weighted by Gasteiger charge is -2.13. The Morgan fingerprint density at radius 1 is 1.10 bits per heavy atom. The van der Waals surface area contributed by atoms with Gasteiger partial charge >= 0.3 is 0 Å². The number of rotatable bonds is 3. The van der Waals surface area contributed by atoms with Gasteiger partial charge in [0.1, 0.15) is 0 Å². The zero-order valence-electron chi connectivity index (χ0n) is 13.3. The summed E-state index contributed by atoms with van der Waals surface area (Å²) >= 11 is 0. The average Bonchev–Trinajstić information content (AvgIpc) is 2.45. The standard InChI is InChI=1S/C10H12.C10H16/c1-2-6-10-8-4-3-7-9(10)5-1;1-5-6-7-10(4)8-9(2)3/h1-2,5-6H,3-4,7-8H2;6-8H,2,5H2,1,3-4H3/b;7-6-,10-8-. The first kappa shape index (κ1) is 16.5. The van der Waals surface area contributed by atoms with Gasteiger partial charge in [0.15, 0.2) is 0 Å². The Bertz CT molecular complexity index is 450. The molecule has 0 bridgehead atoms. The second kappa shape index (κ2) is 9.36. The van der Waals surface area contributed by atoms with Gasteiger partial charge in [-0.2, -0.15) is 0 Å². The smallest absolute Gasteiger partial charge is 0.0276 e. The van der Waals surface area contributed by atoms with Crippen LogP contribution in [0.3, 0.4) is 0 Å². The molecule has 0 atom stereocenters. The largest absolute Gasteiger partial charge is 0.0961 e.